The molecule has 2 aromatic carbocycles. The number of benzene rings is 2. The number of nitrogens with zero attached hydrogens (tertiary/aromatic N) is 2. The highest BCUT2D eigenvalue weighted by atomic mass is 32.2. The SMILES string of the molecule is O=C(Cn1cnc2sc(-c3ccccc3)cc2c1=O)N[C@H]1CCSc2ccccc21. The molecule has 2 aromatic heterocycles. The second-order valence-corrected chi connectivity index (χ2v) is 9.34. The van der Waals surface area contributed by atoms with E-state index in [0.29, 0.717) is 10.2 Å². The predicted octanol–water partition coefficient (Wildman–Crippen LogP) is 4.48. The van der Waals surface area contributed by atoms with Crippen LogP contribution in [-0.4, -0.2) is 21.2 Å². The molecule has 1 aliphatic heterocycles. The monoisotopic (exact) mass is 433 g/mol. The number of aromatic nitrogens is 2. The van der Waals surface area contributed by atoms with Crippen LogP contribution in [0, 0.1) is 0 Å². The molecule has 1 amide bonds. The minimum absolute atomic E-state index is 0.0202. The predicted molar refractivity (Wildman–Crippen MR) is 122 cm³/mol. The largest absolute Gasteiger partial charge is 0.348 e. The van der Waals surface area contributed by atoms with Gasteiger partial charge in [0.25, 0.3) is 5.56 Å². The van der Waals surface area contributed by atoms with Gasteiger partial charge in [-0.2, -0.15) is 0 Å². The second kappa shape index (κ2) is 8.08. The van der Waals surface area contributed by atoms with E-state index in [1.54, 1.807) is 0 Å². The van der Waals surface area contributed by atoms with Crippen LogP contribution in [0.5, 0.6) is 0 Å². The minimum Gasteiger partial charge on any atom is -0.348 e. The lowest BCUT2D eigenvalue weighted by atomic mass is 10.0. The van der Waals surface area contributed by atoms with Crippen LogP contribution >= 0.6 is 23.1 Å². The lowest BCUT2D eigenvalue weighted by molar-refractivity contribution is -0.122. The fourth-order valence-corrected chi connectivity index (χ4v) is 5.82. The maximum Gasteiger partial charge on any atom is 0.262 e. The zero-order valence-corrected chi connectivity index (χ0v) is 17.7. The molecule has 0 saturated heterocycles. The third-order valence-electron chi connectivity index (χ3n) is 5.18. The van der Waals surface area contributed by atoms with Gasteiger partial charge in [0.1, 0.15) is 11.4 Å². The summed E-state index contributed by atoms with van der Waals surface area (Å²) in [6.45, 7) is -0.0376. The molecule has 0 saturated carbocycles. The van der Waals surface area contributed by atoms with E-state index in [4.69, 9.17) is 0 Å². The van der Waals surface area contributed by atoms with Crippen LogP contribution in [0.1, 0.15) is 18.0 Å². The van der Waals surface area contributed by atoms with Gasteiger partial charge >= 0.3 is 0 Å². The van der Waals surface area contributed by atoms with Gasteiger partial charge in [-0.05, 0) is 29.7 Å². The average molecular weight is 434 g/mol. The van der Waals surface area contributed by atoms with Crippen molar-refractivity contribution >= 4 is 39.2 Å². The van der Waals surface area contributed by atoms with Gasteiger partial charge < -0.3 is 5.32 Å². The van der Waals surface area contributed by atoms with E-state index in [2.05, 4.69) is 22.4 Å². The smallest absolute Gasteiger partial charge is 0.262 e. The molecule has 150 valence electrons. The molecule has 7 heteroatoms. The van der Waals surface area contributed by atoms with E-state index >= 15 is 0 Å². The summed E-state index contributed by atoms with van der Waals surface area (Å²) < 4.78 is 1.39. The van der Waals surface area contributed by atoms with Crippen molar-refractivity contribution < 1.29 is 4.79 Å². The van der Waals surface area contributed by atoms with Crippen molar-refractivity contribution in [2.75, 3.05) is 5.75 Å². The van der Waals surface area contributed by atoms with Crippen LogP contribution in [0.3, 0.4) is 0 Å². The Hall–Kier alpha value is -2.90. The highest BCUT2D eigenvalue weighted by Gasteiger charge is 2.22. The van der Waals surface area contributed by atoms with Crippen molar-refractivity contribution in [1.82, 2.24) is 14.9 Å². The Bertz CT molecular complexity index is 1280. The molecule has 0 radical (unpaired) electrons. The first kappa shape index (κ1) is 19.1. The molecule has 5 nitrogen and oxygen atoms in total. The molecule has 3 heterocycles. The van der Waals surface area contributed by atoms with Crippen LogP contribution in [0.25, 0.3) is 20.7 Å². The van der Waals surface area contributed by atoms with Crippen LogP contribution in [0.4, 0.5) is 0 Å². The minimum atomic E-state index is -0.187. The summed E-state index contributed by atoms with van der Waals surface area (Å²) >= 11 is 3.30. The number of nitrogens with one attached hydrogen (secondary N) is 1. The first-order chi connectivity index (χ1) is 14.7. The topological polar surface area (TPSA) is 64.0 Å². The number of carbonyl (C=O) groups is 1. The molecule has 0 unspecified atom stereocenters. The zero-order valence-electron chi connectivity index (χ0n) is 16.1. The summed E-state index contributed by atoms with van der Waals surface area (Å²) in [4.78, 5) is 33.0. The molecule has 30 heavy (non-hydrogen) atoms. The summed E-state index contributed by atoms with van der Waals surface area (Å²) in [7, 11) is 0. The third-order valence-corrected chi connectivity index (χ3v) is 7.40. The van der Waals surface area contributed by atoms with Crippen molar-refractivity contribution in [3.05, 3.63) is 82.9 Å². The average Bonchev–Trinajstić information content (AvgIpc) is 3.22. The first-order valence-electron chi connectivity index (χ1n) is 9.74. The molecular formula is C23H19N3O2S2. The highest BCUT2D eigenvalue weighted by Crippen LogP contribution is 2.35. The lowest BCUT2D eigenvalue weighted by Gasteiger charge is -2.26. The Kier molecular flexibility index (Phi) is 5.14. The number of hydrogen-bond acceptors (Lipinski definition) is 5. The molecule has 0 bridgehead atoms. The normalized spacial score (nSPS) is 15.7. The van der Waals surface area contributed by atoms with Gasteiger partial charge in [-0.25, -0.2) is 4.98 Å². The number of thioether (sulfide) groups is 1. The zero-order chi connectivity index (χ0) is 20.5. The fourth-order valence-electron chi connectivity index (χ4n) is 3.70. The van der Waals surface area contributed by atoms with Crippen LogP contribution in [0.15, 0.2) is 76.7 Å². The van der Waals surface area contributed by atoms with Crippen LogP contribution < -0.4 is 10.9 Å². The summed E-state index contributed by atoms with van der Waals surface area (Å²) in [5.74, 6) is 0.788. The highest BCUT2D eigenvalue weighted by molar-refractivity contribution is 7.99. The van der Waals surface area contributed by atoms with Gasteiger partial charge in [0, 0.05) is 15.5 Å². The van der Waals surface area contributed by atoms with Gasteiger partial charge in [0.2, 0.25) is 5.91 Å². The molecule has 1 aliphatic rings. The van der Waals surface area contributed by atoms with E-state index in [0.717, 1.165) is 28.2 Å². The Morgan fingerprint density at radius 1 is 1.13 bits per heavy atom. The van der Waals surface area contributed by atoms with Gasteiger partial charge in [0.15, 0.2) is 0 Å². The summed E-state index contributed by atoms with van der Waals surface area (Å²) in [5.41, 5.74) is 2.01. The van der Waals surface area contributed by atoms with Crippen LogP contribution in [-0.2, 0) is 11.3 Å². The quantitative estimate of drug-likeness (QED) is 0.515. The van der Waals surface area contributed by atoms with E-state index in [-0.39, 0.29) is 24.1 Å². The number of amides is 1. The molecule has 0 spiro atoms. The third kappa shape index (κ3) is 3.66. The van der Waals surface area contributed by atoms with Crippen molar-refractivity contribution in [3.8, 4) is 10.4 Å². The summed E-state index contributed by atoms with van der Waals surface area (Å²) in [6.07, 6.45) is 2.35. The standard InChI is InChI=1S/C23H19N3O2S2/c27-21(25-18-10-11-29-19-9-5-4-8-16(18)19)13-26-14-24-22-17(23(26)28)12-20(30-22)15-6-2-1-3-7-15/h1-9,12,14,18H,10-11,13H2,(H,25,27)/t18-/m0/s1. The van der Waals surface area contributed by atoms with E-state index in [9.17, 15) is 9.59 Å². The van der Waals surface area contributed by atoms with Gasteiger partial charge in [-0.15, -0.1) is 23.1 Å². The number of rotatable bonds is 4. The van der Waals surface area contributed by atoms with E-state index < -0.39 is 0 Å². The maximum atomic E-state index is 12.9. The van der Waals surface area contributed by atoms with Crippen molar-refractivity contribution in [2.24, 2.45) is 0 Å². The molecule has 5 rings (SSSR count). The summed E-state index contributed by atoms with van der Waals surface area (Å²) in [5, 5.41) is 3.64. The fraction of sp³-hybridized carbons (Fsp3) is 0.174. The Balaban J connectivity index is 1.37. The molecule has 4 aromatic rings. The van der Waals surface area contributed by atoms with Crippen molar-refractivity contribution in [2.45, 2.75) is 23.9 Å². The lowest BCUT2D eigenvalue weighted by Crippen LogP contribution is -2.35. The number of fused-ring (bicyclic) bond motifs is 2. The first-order valence-corrected chi connectivity index (χ1v) is 11.5. The van der Waals surface area contributed by atoms with Gasteiger partial charge in [-0.1, -0.05) is 48.5 Å². The van der Waals surface area contributed by atoms with Gasteiger partial charge in [0.05, 0.1) is 17.8 Å². The number of carbonyl (C=O) groups excluding carboxylic acids is 1. The van der Waals surface area contributed by atoms with Crippen LogP contribution in [0.2, 0.25) is 0 Å². The Labute approximate surface area is 181 Å². The molecular weight excluding hydrogens is 414 g/mol. The molecule has 1 atom stereocenters. The molecule has 0 aliphatic carbocycles. The Morgan fingerprint density at radius 2 is 1.93 bits per heavy atom. The number of thiophene rings is 1. The summed E-state index contributed by atoms with van der Waals surface area (Å²) in [6, 6.07) is 19.9. The molecule has 1 N–H and O–H groups in total. The van der Waals surface area contributed by atoms with Crippen molar-refractivity contribution in [3.63, 3.8) is 0 Å². The van der Waals surface area contributed by atoms with E-state index in [1.807, 2.05) is 60.3 Å². The Morgan fingerprint density at radius 3 is 2.80 bits per heavy atom. The van der Waals surface area contributed by atoms with E-state index in [1.165, 1.54) is 27.1 Å². The van der Waals surface area contributed by atoms with Gasteiger partial charge in [-0.3, -0.25) is 14.2 Å². The number of hydrogen-bond donors (Lipinski definition) is 1. The van der Waals surface area contributed by atoms with Crippen molar-refractivity contribution in [1.29, 1.82) is 0 Å². The maximum absolute atomic E-state index is 12.9. The second-order valence-electron chi connectivity index (χ2n) is 7.17. The molecule has 0 fully saturated rings.